The maximum atomic E-state index is 14.0. The van der Waals surface area contributed by atoms with Gasteiger partial charge in [0.15, 0.2) is 0 Å². The average Bonchev–Trinajstić information content (AvgIpc) is 3.53. The van der Waals surface area contributed by atoms with E-state index in [4.69, 9.17) is 4.74 Å². The molecule has 2 saturated heterocycles. The van der Waals surface area contributed by atoms with Gasteiger partial charge in [-0.25, -0.2) is 13.2 Å². The molecule has 3 aromatic rings. The van der Waals surface area contributed by atoms with E-state index in [-0.39, 0.29) is 30.2 Å². The van der Waals surface area contributed by atoms with E-state index >= 15 is 0 Å². The lowest BCUT2D eigenvalue weighted by Crippen LogP contribution is -2.63. The van der Waals surface area contributed by atoms with Crippen molar-refractivity contribution in [3.63, 3.8) is 0 Å². The third-order valence-corrected chi connectivity index (χ3v) is 10.3. The van der Waals surface area contributed by atoms with Crippen LogP contribution in [0.15, 0.2) is 77.7 Å². The average molecular weight is 644 g/mol. The van der Waals surface area contributed by atoms with E-state index in [1.165, 1.54) is 15.3 Å². The minimum Gasteiger partial charge on any atom is -0.493 e. The van der Waals surface area contributed by atoms with Gasteiger partial charge in [-0.1, -0.05) is 18.2 Å². The summed E-state index contributed by atoms with van der Waals surface area (Å²) in [6, 6.07) is 16.6. The number of ether oxygens (including phenoxy) is 1. The zero-order chi connectivity index (χ0) is 31.8. The molecule has 0 spiro atoms. The smallest absolute Gasteiger partial charge is 0.416 e. The number of rotatable bonds is 5. The van der Waals surface area contributed by atoms with E-state index in [0.29, 0.717) is 45.0 Å². The Kier molecular flexibility index (Phi) is 8.35. The molecule has 1 atom stereocenters. The molecule has 238 valence electrons. The van der Waals surface area contributed by atoms with Gasteiger partial charge in [-0.2, -0.15) is 17.5 Å². The van der Waals surface area contributed by atoms with E-state index in [1.54, 1.807) is 17.0 Å². The first-order valence-corrected chi connectivity index (χ1v) is 16.0. The molecule has 3 heterocycles. The number of carbonyl (C=O) groups excluding carboxylic acids is 2. The van der Waals surface area contributed by atoms with Crippen LogP contribution in [0.4, 0.5) is 29.3 Å². The molecule has 0 aliphatic carbocycles. The van der Waals surface area contributed by atoms with Gasteiger partial charge in [0, 0.05) is 63.6 Å². The molecule has 0 bridgehead atoms. The van der Waals surface area contributed by atoms with Crippen molar-refractivity contribution in [2.45, 2.75) is 23.5 Å². The molecule has 1 N–H and O–H groups in total. The van der Waals surface area contributed by atoms with Gasteiger partial charge in [0.05, 0.1) is 17.1 Å². The van der Waals surface area contributed by atoms with Crippen LogP contribution in [0.25, 0.3) is 0 Å². The van der Waals surface area contributed by atoms with Crippen LogP contribution >= 0.6 is 0 Å². The predicted molar refractivity (Wildman–Crippen MR) is 161 cm³/mol. The molecule has 0 aromatic heterocycles. The number of piperazine rings is 2. The standard InChI is InChI=1S/C31H32F3N5O5S/c32-31(33,34)23-6-8-24(9-7-23)35-30(41)38-17-18-39(45(42,43)26-10-11-28-22(20-26)12-19-44-28)27(21-38)29(40)37-15-13-36(14-16-37)25-4-2-1-3-5-25/h1-11,20,27H,12-19,21H2,(H,35,41). The fourth-order valence-corrected chi connectivity index (χ4v) is 7.49. The molecule has 0 saturated carbocycles. The number of halogens is 3. The van der Waals surface area contributed by atoms with Crippen LogP contribution in [0.5, 0.6) is 5.75 Å². The maximum Gasteiger partial charge on any atom is 0.416 e. The van der Waals surface area contributed by atoms with E-state index in [0.717, 1.165) is 35.5 Å². The summed E-state index contributed by atoms with van der Waals surface area (Å²) < 4.78 is 73.6. The summed E-state index contributed by atoms with van der Waals surface area (Å²) in [4.78, 5) is 32.4. The zero-order valence-electron chi connectivity index (χ0n) is 24.2. The highest BCUT2D eigenvalue weighted by Gasteiger charge is 2.43. The Labute approximate surface area is 259 Å². The largest absolute Gasteiger partial charge is 0.493 e. The monoisotopic (exact) mass is 643 g/mol. The number of anilines is 2. The van der Waals surface area contributed by atoms with Crippen LogP contribution in [0, 0.1) is 0 Å². The molecule has 3 aliphatic rings. The minimum atomic E-state index is -4.52. The first-order chi connectivity index (χ1) is 21.5. The zero-order valence-corrected chi connectivity index (χ0v) is 25.1. The normalized spacial score (nSPS) is 19.2. The number of fused-ring (bicyclic) bond motifs is 1. The molecule has 0 radical (unpaired) electrons. The van der Waals surface area contributed by atoms with Gasteiger partial charge in [-0.15, -0.1) is 0 Å². The summed E-state index contributed by atoms with van der Waals surface area (Å²) in [5.74, 6) is 0.213. The van der Waals surface area contributed by atoms with Gasteiger partial charge in [-0.05, 0) is 60.2 Å². The molecule has 6 rings (SSSR count). The molecular weight excluding hydrogens is 611 g/mol. The molecule has 3 aromatic carbocycles. The van der Waals surface area contributed by atoms with Crippen molar-refractivity contribution in [1.29, 1.82) is 0 Å². The SMILES string of the molecule is O=C(Nc1ccc(C(F)(F)F)cc1)N1CCN(S(=O)(=O)c2ccc3c(c2)CCO3)C(C(=O)N2CCN(c3ccccc3)CC2)C1. The Balaban J connectivity index is 1.22. The number of carbonyl (C=O) groups is 2. The van der Waals surface area contributed by atoms with Crippen molar-refractivity contribution in [2.24, 2.45) is 0 Å². The van der Waals surface area contributed by atoms with Crippen LogP contribution in [-0.2, 0) is 27.4 Å². The van der Waals surface area contributed by atoms with Crippen molar-refractivity contribution >= 4 is 33.3 Å². The number of hydrogen-bond donors (Lipinski definition) is 1. The predicted octanol–water partition coefficient (Wildman–Crippen LogP) is 3.90. The Bertz CT molecular complexity index is 1660. The Hall–Kier alpha value is -4.30. The molecule has 3 amide bonds. The number of hydrogen-bond acceptors (Lipinski definition) is 6. The summed E-state index contributed by atoms with van der Waals surface area (Å²) in [6.45, 7) is 1.91. The number of urea groups is 1. The lowest BCUT2D eigenvalue weighted by atomic mass is 10.1. The first kappa shape index (κ1) is 30.7. The van der Waals surface area contributed by atoms with Crippen LogP contribution < -0.4 is 15.0 Å². The third kappa shape index (κ3) is 6.43. The summed E-state index contributed by atoms with van der Waals surface area (Å²) in [6.07, 6.45) is -3.94. The van der Waals surface area contributed by atoms with Crippen molar-refractivity contribution < 1.29 is 35.9 Å². The van der Waals surface area contributed by atoms with Gasteiger partial charge in [0.2, 0.25) is 15.9 Å². The minimum absolute atomic E-state index is 0.0225. The molecule has 10 nitrogen and oxygen atoms in total. The molecule has 2 fully saturated rings. The van der Waals surface area contributed by atoms with E-state index in [1.807, 2.05) is 30.3 Å². The second-order valence-electron chi connectivity index (χ2n) is 11.1. The van der Waals surface area contributed by atoms with Crippen molar-refractivity contribution in [2.75, 3.05) is 62.6 Å². The second kappa shape index (κ2) is 12.2. The van der Waals surface area contributed by atoms with Crippen LogP contribution in [0.2, 0.25) is 0 Å². The molecule has 45 heavy (non-hydrogen) atoms. The summed E-state index contributed by atoms with van der Waals surface area (Å²) in [7, 11) is -4.14. The van der Waals surface area contributed by atoms with Gasteiger partial charge >= 0.3 is 12.2 Å². The van der Waals surface area contributed by atoms with Gasteiger partial charge in [-0.3, -0.25) is 4.79 Å². The van der Waals surface area contributed by atoms with Crippen LogP contribution in [0.3, 0.4) is 0 Å². The lowest BCUT2D eigenvalue weighted by molar-refractivity contribution is -0.138. The van der Waals surface area contributed by atoms with Crippen LogP contribution in [0.1, 0.15) is 11.1 Å². The van der Waals surface area contributed by atoms with Crippen molar-refractivity contribution in [3.8, 4) is 5.75 Å². The number of para-hydroxylation sites is 1. The number of sulfonamides is 1. The first-order valence-electron chi connectivity index (χ1n) is 14.6. The van der Waals surface area contributed by atoms with E-state index < -0.39 is 39.7 Å². The molecular formula is C31H32F3N5O5S. The summed E-state index contributed by atoms with van der Waals surface area (Å²) in [5.41, 5.74) is 1.09. The lowest BCUT2D eigenvalue weighted by Gasteiger charge is -2.43. The quantitative estimate of drug-likeness (QED) is 0.453. The Morgan fingerprint density at radius 1 is 0.844 bits per heavy atom. The van der Waals surface area contributed by atoms with Crippen LogP contribution in [-0.4, -0.2) is 92.9 Å². The third-order valence-electron chi connectivity index (χ3n) is 8.35. The molecule has 14 heteroatoms. The van der Waals surface area contributed by atoms with Gasteiger partial charge in [0.1, 0.15) is 11.8 Å². The number of nitrogens with one attached hydrogen (secondary N) is 1. The number of nitrogens with zero attached hydrogens (tertiary/aromatic N) is 4. The highest BCUT2D eigenvalue weighted by molar-refractivity contribution is 7.89. The van der Waals surface area contributed by atoms with Gasteiger partial charge in [0.25, 0.3) is 0 Å². The Morgan fingerprint density at radius 2 is 1.53 bits per heavy atom. The van der Waals surface area contributed by atoms with E-state index in [9.17, 15) is 31.2 Å². The summed E-state index contributed by atoms with van der Waals surface area (Å²) in [5, 5.41) is 2.57. The number of amides is 3. The van der Waals surface area contributed by atoms with Crippen molar-refractivity contribution in [1.82, 2.24) is 14.1 Å². The highest BCUT2D eigenvalue weighted by Crippen LogP contribution is 2.32. The Morgan fingerprint density at radius 3 is 2.22 bits per heavy atom. The second-order valence-corrected chi connectivity index (χ2v) is 13.0. The molecule has 3 aliphatic heterocycles. The maximum absolute atomic E-state index is 14.0. The number of alkyl halides is 3. The fraction of sp³-hybridized carbons (Fsp3) is 0.355. The topological polar surface area (TPSA) is 102 Å². The highest BCUT2D eigenvalue weighted by atomic mass is 32.2. The number of benzene rings is 3. The van der Waals surface area contributed by atoms with Gasteiger partial charge < -0.3 is 24.8 Å². The summed E-state index contributed by atoms with van der Waals surface area (Å²) >= 11 is 0. The van der Waals surface area contributed by atoms with Crippen molar-refractivity contribution in [3.05, 3.63) is 83.9 Å². The van der Waals surface area contributed by atoms with E-state index in [2.05, 4.69) is 10.2 Å². The molecule has 1 unspecified atom stereocenters. The fourth-order valence-electron chi connectivity index (χ4n) is 5.88.